The second kappa shape index (κ2) is 6.94. The van der Waals surface area contributed by atoms with Gasteiger partial charge in [-0.3, -0.25) is 4.98 Å². The fraction of sp³-hybridized carbons (Fsp3) is 0.353. The topological polar surface area (TPSA) is 19.4 Å². The molecule has 0 bridgehead atoms. The third-order valence-corrected chi connectivity index (χ3v) is 3.65. The first kappa shape index (κ1) is 14.4. The summed E-state index contributed by atoms with van der Waals surface area (Å²) in [6.45, 7) is 8.80. The first-order valence-corrected chi connectivity index (χ1v) is 7.25. The summed E-state index contributed by atoms with van der Waals surface area (Å²) in [5.74, 6) is 0. The van der Waals surface area contributed by atoms with Gasteiger partial charge in [0.1, 0.15) is 0 Å². The Hall–Kier alpha value is -2.03. The zero-order valence-electron chi connectivity index (χ0n) is 12.5. The van der Waals surface area contributed by atoms with Gasteiger partial charge in [-0.05, 0) is 32.9 Å². The van der Waals surface area contributed by atoms with Crippen molar-refractivity contribution in [3.8, 4) is 0 Å². The molecule has 0 fully saturated rings. The Morgan fingerprint density at radius 1 is 0.950 bits per heavy atom. The summed E-state index contributed by atoms with van der Waals surface area (Å²) in [5.41, 5.74) is 1.06. The lowest BCUT2D eigenvalue weighted by Gasteiger charge is -2.27. The number of benzene rings is 1. The van der Waals surface area contributed by atoms with Crippen LogP contribution in [0.15, 0.2) is 55.0 Å². The maximum Gasteiger partial charge on any atom is 0.0977 e. The van der Waals surface area contributed by atoms with Crippen LogP contribution in [0.3, 0.4) is 0 Å². The summed E-state index contributed by atoms with van der Waals surface area (Å²) in [4.78, 5) is 8.83. The molecule has 0 radical (unpaired) electrons. The van der Waals surface area contributed by atoms with Crippen molar-refractivity contribution < 1.29 is 0 Å². The van der Waals surface area contributed by atoms with E-state index in [-0.39, 0.29) is 0 Å². The summed E-state index contributed by atoms with van der Waals surface area (Å²) in [7, 11) is 0. The number of hydrogen-bond donors (Lipinski definition) is 0. The zero-order valence-corrected chi connectivity index (χ0v) is 12.5. The van der Waals surface area contributed by atoms with Crippen molar-refractivity contribution in [2.45, 2.75) is 26.9 Å². The molecule has 0 amide bonds. The predicted molar refractivity (Wildman–Crippen MR) is 85.1 cm³/mol. The fourth-order valence-electron chi connectivity index (χ4n) is 2.37. The van der Waals surface area contributed by atoms with Gasteiger partial charge in [0.2, 0.25) is 0 Å². The molecule has 20 heavy (non-hydrogen) atoms. The summed E-state index contributed by atoms with van der Waals surface area (Å²) in [5, 5.41) is 1.20. The zero-order chi connectivity index (χ0) is 14.4. The smallest absolute Gasteiger partial charge is 0.0977 e. The Kier molecular flexibility index (Phi) is 4.99. The highest BCUT2D eigenvalue weighted by atomic mass is 15.4. The summed E-state index contributed by atoms with van der Waals surface area (Å²) in [6, 6.07) is 12.1. The van der Waals surface area contributed by atoms with Gasteiger partial charge in [0.25, 0.3) is 0 Å². The summed E-state index contributed by atoms with van der Waals surface area (Å²) < 4.78 is 0. The third-order valence-electron chi connectivity index (χ3n) is 3.65. The minimum absolute atomic E-state index is 0.565. The molecule has 3 rings (SSSR count). The van der Waals surface area contributed by atoms with E-state index in [9.17, 15) is 0 Å². The summed E-state index contributed by atoms with van der Waals surface area (Å²) in [6.07, 6.45) is 6.69. The quantitative estimate of drug-likeness (QED) is 0.828. The number of aromatic nitrogens is 1. The van der Waals surface area contributed by atoms with E-state index in [1.807, 2.05) is 30.5 Å². The number of fused-ring (bicyclic) bond motifs is 1. The number of rotatable bonds is 2. The predicted octanol–water partition coefficient (Wildman–Crippen LogP) is 3.70. The first-order chi connectivity index (χ1) is 9.76. The SMILES string of the molecule is CCN1C=CN(CC)C1C.c1ccc2ncccc2c1. The molecular formula is C17H23N3. The van der Waals surface area contributed by atoms with Crippen LogP contribution in [-0.2, 0) is 0 Å². The molecule has 3 heteroatoms. The van der Waals surface area contributed by atoms with Crippen LogP contribution < -0.4 is 0 Å². The van der Waals surface area contributed by atoms with Crippen LogP contribution in [0.2, 0.25) is 0 Å². The maximum atomic E-state index is 4.18. The van der Waals surface area contributed by atoms with Crippen LogP contribution in [0.4, 0.5) is 0 Å². The average molecular weight is 269 g/mol. The molecule has 0 saturated heterocycles. The van der Waals surface area contributed by atoms with Gasteiger partial charge in [-0.15, -0.1) is 0 Å². The minimum Gasteiger partial charge on any atom is -0.357 e. The highest BCUT2D eigenvalue weighted by molar-refractivity contribution is 5.77. The molecule has 0 atom stereocenters. The molecule has 106 valence electrons. The van der Waals surface area contributed by atoms with E-state index in [1.165, 1.54) is 5.39 Å². The standard InChI is InChI=1S/C9H7N.C8H16N2/c1-2-6-9-8(4-1)5-3-7-10-9;1-4-9-6-7-10(5-2)8(9)3/h1-7H;6-8H,4-5H2,1-3H3. The van der Waals surface area contributed by atoms with E-state index >= 15 is 0 Å². The maximum absolute atomic E-state index is 4.18. The van der Waals surface area contributed by atoms with Crippen molar-refractivity contribution in [2.75, 3.05) is 13.1 Å². The lowest BCUT2D eigenvalue weighted by molar-refractivity contribution is 0.182. The third kappa shape index (κ3) is 3.29. The van der Waals surface area contributed by atoms with Crippen molar-refractivity contribution in [1.82, 2.24) is 14.8 Å². The molecule has 3 nitrogen and oxygen atoms in total. The van der Waals surface area contributed by atoms with Gasteiger partial charge in [0.05, 0.1) is 11.7 Å². The molecular weight excluding hydrogens is 246 g/mol. The molecule has 1 aromatic carbocycles. The van der Waals surface area contributed by atoms with Crippen LogP contribution in [0.25, 0.3) is 10.9 Å². The minimum atomic E-state index is 0.565. The summed E-state index contributed by atoms with van der Waals surface area (Å²) >= 11 is 0. The van der Waals surface area contributed by atoms with Crippen LogP contribution in [-0.4, -0.2) is 34.0 Å². The Morgan fingerprint density at radius 3 is 2.10 bits per heavy atom. The second-order valence-corrected chi connectivity index (χ2v) is 4.79. The highest BCUT2D eigenvalue weighted by Gasteiger charge is 2.17. The van der Waals surface area contributed by atoms with Crippen molar-refractivity contribution in [3.63, 3.8) is 0 Å². The van der Waals surface area contributed by atoms with E-state index in [2.05, 4.69) is 60.1 Å². The van der Waals surface area contributed by atoms with Gasteiger partial charge in [-0.1, -0.05) is 24.3 Å². The monoisotopic (exact) mass is 269 g/mol. The Balaban J connectivity index is 0.000000147. The van der Waals surface area contributed by atoms with Crippen LogP contribution in [0, 0.1) is 0 Å². The van der Waals surface area contributed by atoms with Crippen molar-refractivity contribution in [3.05, 3.63) is 55.0 Å². The molecule has 1 aliphatic rings. The van der Waals surface area contributed by atoms with Gasteiger partial charge in [-0.25, -0.2) is 0 Å². The van der Waals surface area contributed by atoms with E-state index in [4.69, 9.17) is 0 Å². The lowest BCUT2D eigenvalue weighted by Crippen LogP contribution is -2.35. The number of pyridine rings is 1. The Bertz CT molecular complexity index is 485. The second-order valence-electron chi connectivity index (χ2n) is 4.79. The van der Waals surface area contributed by atoms with Crippen molar-refractivity contribution >= 4 is 10.9 Å². The number of hydrogen-bond acceptors (Lipinski definition) is 3. The first-order valence-electron chi connectivity index (χ1n) is 7.25. The molecule has 0 aliphatic carbocycles. The molecule has 1 aromatic heterocycles. The van der Waals surface area contributed by atoms with E-state index < -0.39 is 0 Å². The molecule has 1 aliphatic heterocycles. The van der Waals surface area contributed by atoms with E-state index in [0.29, 0.717) is 6.17 Å². The highest BCUT2D eigenvalue weighted by Crippen LogP contribution is 2.13. The molecule has 0 unspecified atom stereocenters. The van der Waals surface area contributed by atoms with E-state index in [1.54, 1.807) is 0 Å². The largest absolute Gasteiger partial charge is 0.357 e. The molecule has 2 heterocycles. The van der Waals surface area contributed by atoms with Gasteiger partial charge >= 0.3 is 0 Å². The van der Waals surface area contributed by atoms with Crippen LogP contribution in [0.1, 0.15) is 20.8 Å². The van der Waals surface area contributed by atoms with Gasteiger partial charge in [0.15, 0.2) is 0 Å². The van der Waals surface area contributed by atoms with Crippen molar-refractivity contribution in [1.29, 1.82) is 0 Å². The van der Waals surface area contributed by atoms with Crippen LogP contribution >= 0.6 is 0 Å². The van der Waals surface area contributed by atoms with Gasteiger partial charge < -0.3 is 9.80 Å². The molecule has 2 aromatic rings. The average Bonchev–Trinajstić information content (AvgIpc) is 2.88. The van der Waals surface area contributed by atoms with Gasteiger partial charge in [-0.2, -0.15) is 0 Å². The lowest BCUT2D eigenvalue weighted by atomic mass is 10.2. The molecule has 0 N–H and O–H groups in total. The number of nitrogens with zero attached hydrogens (tertiary/aromatic N) is 3. The Labute approximate surface area is 121 Å². The molecule has 0 saturated carbocycles. The Morgan fingerprint density at radius 2 is 1.55 bits per heavy atom. The van der Waals surface area contributed by atoms with Crippen molar-refractivity contribution in [2.24, 2.45) is 0 Å². The number of para-hydroxylation sites is 1. The normalized spacial score (nSPS) is 14.6. The van der Waals surface area contributed by atoms with E-state index in [0.717, 1.165) is 18.6 Å². The van der Waals surface area contributed by atoms with Crippen LogP contribution in [0.5, 0.6) is 0 Å². The molecule has 0 spiro atoms. The fourth-order valence-corrected chi connectivity index (χ4v) is 2.37. The van der Waals surface area contributed by atoms with Gasteiger partial charge in [0, 0.05) is 37.1 Å².